The summed E-state index contributed by atoms with van der Waals surface area (Å²) in [5.74, 6) is 2.44. The molecule has 0 aromatic heterocycles. The van der Waals surface area contributed by atoms with E-state index in [0.717, 1.165) is 17.1 Å². The highest BCUT2D eigenvalue weighted by Gasteiger charge is 2.14. The summed E-state index contributed by atoms with van der Waals surface area (Å²) in [4.78, 5) is 12.4. The van der Waals surface area contributed by atoms with Crippen molar-refractivity contribution < 1.29 is 23.7 Å². The number of nitrogens with one attached hydrogen (secondary N) is 1. The van der Waals surface area contributed by atoms with Gasteiger partial charge in [0, 0.05) is 6.54 Å². The minimum absolute atomic E-state index is 0.201. The van der Waals surface area contributed by atoms with Gasteiger partial charge in [-0.1, -0.05) is 6.07 Å². The third-order valence-corrected chi connectivity index (χ3v) is 3.96. The molecule has 1 aliphatic rings. The van der Waals surface area contributed by atoms with Crippen molar-refractivity contribution in [2.75, 3.05) is 34.0 Å². The number of amides is 1. The summed E-state index contributed by atoms with van der Waals surface area (Å²) in [7, 11) is 3.10. The molecule has 0 saturated carbocycles. The van der Waals surface area contributed by atoms with E-state index in [1.165, 1.54) is 7.11 Å². The normalized spacial score (nSPS) is 12.4. The van der Waals surface area contributed by atoms with Crippen LogP contribution >= 0.6 is 0 Å². The molecule has 2 aromatic rings. The second kappa shape index (κ2) is 7.79. The van der Waals surface area contributed by atoms with Gasteiger partial charge in [-0.3, -0.25) is 4.79 Å². The summed E-state index contributed by atoms with van der Waals surface area (Å²) < 4.78 is 21.5. The summed E-state index contributed by atoms with van der Waals surface area (Å²) in [6.07, 6.45) is 0.689. The molecule has 0 aliphatic carbocycles. The molecule has 0 unspecified atom stereocenters. The topological polar surface area (TPSA) is 66.0 Å². The molecule has 0 radical (unpaired) electrons. The smallest absolute Gasteiger partial charge is 0.255 e. The molecule has 25 heavy (non-hydrogen) atoms. The lowest BCUT2D eigenvalue weighted by Gasteiger charge is -2.19. The standard InChI is InChI=1S/C19H21NO5/c1-22-14-4-6-16(23-2)15(12-14)19(21)20-8-7-13-3-5-17-18(11-13)25-10-9-24-17/h3-6,11-12H,7-10H2,1-2H3,(H,20,21). The Kier molecular flexibility index (Phi) is 5.28. The van der Waals surface area contributed by atoms with Crippen molar-refractivity contribution in [3.8, 4) is 23.0 Å². The van der Waals surface area contributed by atoms with Crippen LogP contribution in [0, 0.1) is 0 Å². The fourth-order valence-electron chi connectivity index (χ4n) is 2.65. The van der Waals surface area contributed by atoms with Gasteiger partial charge >= 0.3 is 0 Å². The highest BCUT2D eigenvalue weighted by Crippen LogP contribution is 2.30. The maximum absolute atomic E-state index is 12.4. The maximum Gasteiger partial charge on any atom is 0.255 e. The van der Waals surface area contributed by atoms with Gasteiger partial charge in [-0.2, -0.15) is 0 Å². The van der Waals surface area contributed by atoms with E-state index in [-0.39, 0.29) is 5.91 Å². The van der Waals surface area contributed by atoms with Crippen LogP contribution < -0.4 is 24.3 Å². The van der Waals surface area contributed by atoms with Crippen molar-refractivity contribution in [2.45, 2.75) is 6.42 Å². The van der Waals surface area contributed by atoms with Crippen LogP contribution in [0.1, 0.15) is 15.9 Å². The number of methoxy groups -OCH3 is 2. The van der Waals surface area contributed by atoms with Crippen LogP contribution in [-0.2, 0) is 6.42 Å². The second-order valence-corrected chi connectivity index (χ2v) is 5.55. The molecule has 1 N–H and O–H groups in total. The van der Waals surface area contributed by atoms with Crippen molar-refractivity contribution in [3.05, 3.63) is 47.5 Å². The zero-order valence-electron chi connectivity index (χ0n) is 14.3. The summed E-state index contributed by atoms with van der Waals surface area (Å²) in [6, 6.07) is 11.0. The third-order valence-electron chi connectivity index (χ3n) is 3.96. The Bertz CT molecular complexity index is 759. The molecular weight excluding hydrogens is 322 g/mol. The Balaban J connectivity index is 1.61. The number of ether oxygens (including phenoxy) is 4. The van der Waals surface area contributed by atoms with Crippen molar-refractivity contribution >= 4 is 5.91 Å². The average molecular weight is 343 g/mol. The van der Waals surface area contributed by atoms with Gasteiger partial charge in [0.05, 0.1) is 19.8 Å². The van der Waals surface area contributed by atoms with Gasteiger partial charge in [-0.25, -0.2) is 0 Å². The fraction of sp³-hybridized carbons (Fsp3) is 0.316. The number of hydrogen-bond donors (Lipinski definition) is 1. The van der Waals surface area contributed by atoms with Crippen molar-refractivity contribution in [1.29, 1.82) is 0 Å². The molecule has 0 bridgehead atoms. The predicted molar refractivity (Wildman–Crippen MR) is 93.0 cm³/mol. The molecule has 6 nitrogen and oxygen atoms in total. The number of rotatable bonds is 6. The van der Waals surface area contributed by atoms with E-state index in [1.807, 2.05) is 18.2 Å². The zero-order valence-corrected chi connectivity index (χ0v) is 14.3. The van der Waals surface area contributed by atoms with Crippen molar-refractivity contribution in [3.63, 3.8) is 0 Å². The summed E-state index contributed by atoms with van der Waals surface area (Å²) >= 11 is 0. The van der Waals surface area contributed by atoms with Crippen LogP contribution in [-0.4, -0.2) is 39.9 Å². The van der Waals surface area contributed by atoms with E-state index in [9.17, 15) is 4.79 Å². The first-order chi connectivity index (χ1) is 12.2. The summed E-state index contributed by atoms with van der Waals surface area (Å²) in [6.45, 7) is 1.63. The lowest BCUT2D eigenvalue weighted by Crippen LogP contribution is -2.26. The highest BCUT2D eigenvalue weighted by molar-refractivity contribution is 5.97. The highest BCUT2D eigenvalue weighted by atomic mass is 16.6. The Hall–Kier alpha value is -2.89. The first-order valence-corrected chi connectivity index (χ1v) is 8.10. The number of benzene rings is 2. The van der Waals surface area contributed by atoms with Gasteiger partial charge in [-0.15, -0.1) is 0 Å². The van der Waals surface area contributed by atoms with E-state index in [4.69, 9.17) is 18.9 Å². The van der Waals surface area contributed by atoms with Gasteiger partial charge in [0.2, 0.25) is 0 Å². The minimum Gasteiger partial charge on any atom is -0.497 e. The summed E-state index contributed by atoms with van der Waals surface area (Å²) in [5, 5.41) is 2.91. The van der Waals surface area contributed by atoms with Gasteiger partial charge in [0.1, 0.15) is 24.7 Å². The molecule has 1 amide bonds. The molecule has 3 rings (SSSR count). The molecule has 6 heteroatoms. The van der Waals surface area contributed by atoms with Crippen LogP contribution in [0.4, 0.5) is 0 Å². The number of carbonyl (C=O) groups is 1. The zero-order chi connectivity index (χ0) is 17.6. The Morgan fingerprint density at radius 2 is 1.84 bits per heavy atom. The average Bonchev–Trinajstić information content (AvgIpc) is 2.67. The largest absolute Gasteiger partial charge is 0.497 e. The maximum atomic E-state index is 12.4. The Labute approximate surface area is 146 Å². The van der Waals surface area contributed by atoms with E-state index < -0.39 is 0 Å². The SMILES string of the molecule is COc1ccc(OC)c(C(=O)NCCc2ccc3c(c2)OCCO3)c1. The molecule has 1 heterocycles. The van der Waals surface area contributed by atoms with E-state index in [2.05, 4.69) is 5.32 Å². The summed E-state index contributed by atoms with van der Waals surface area (Å²) in [5.41, 5.74) is 1.52. The van der Waals surface area contributed by atoms with E-state index >= 15 is 0 Å². The lowest BCUT2D eigenvalue weighted by molar-refractivity contribution is 0.0950. The molecule has 132 valence electrons. The molecule has 0 atom stereocenters. The van der Waals surface area contributed by atoms with Gasteiger partial charge in [0.25, 0.3) is 5.91 Å². The Morgan fingerprint density at radius 1 is 1.04 bits per heavy atom. The minimum atomic E-state index is -0.201. The number of carbonyl (C=O) groups excluding carboxylic acids is 1. The Morgan fingerprint density at radius 3 is 2.60 bits per heavy atom. The van der Waals surface area contributed by atoms with Crippen LogP contribution in [0.5, 0.6) is 23.0 Å². The molecular formula is C19H21NO5. The molecule has 0 saturated heterocycles. The fourth-order valence-corrected chi connectivity index (χ4v) is 2.65. The van der Waals surface area contributed by atoms with E-state index in [1.54, 1.807) is 25.3 Å². The second-order valence-electron chi connectivity index (χ2n) is 5.55. The van der Waals surface area contributed by atoms with Crippen LogP contribution in [0.15, 0.2) is 36.4 Å². The first kappa shape index (κ1) is 17.0. The molecule has 2 aromatic carbocycles. The number of fused-ring (bicyclic) bond motifs is 1. The van der Waals surface area contributed by atoms with Gasteiger partial charge in [-0.05, 0) is 42.3 Å². The molecule has 0 spiro atoms. The van der Waals surface area contributed by atoms with Gasteiger partial charge < -0.3 is 24.3 Å². The third kappa shape index (κ3) is 3.96. The first-order valence-electron chi connectivity index (χ1n) is 8.10. The quantitative estimate of drug-likeness (QED) is 0.873. The monoisotopic (exact) mass is 343 g/mol. The molecule has 0 fully saturated rings. The van der Waals surface area contributed by atoms with E-state index in [0.29, 0.717) is 43.2 Å². The van der Waals surface area contributed by atoms with Crippen LogP contribution in [0.3, 0.4) is 0 Å². The van der Waals surface area contributed by atoms with Crippen LogP contribution in [0.2, 0.25) is 0 Å². The number of hydrogen-bond acceptors (Lipinski definition) is 5. The predicted octanol–water partition coefficient (Wildman–Crippen LogP) is 2.45. The molecule has 1 aliphatic heterocycles. The van der Waals surface area contributed by atoms with Gasteiger partial charge in [0.15, 0.2) is 11.5 Å². The lowest BCUT2D eigenvalue weighted by atomic mass is 10.1. The van der Waals surface area contributed by atoms with Crippen molar-refractivity contribution in [1.82, 2.24) is 5.32 Å². The van der Waals surface area contributed by atoms with Crippen LogP contribution in [0.25, 0.3) is 0 Å². The van der Waals surface area contributed by atoms with Crippen molar-refractivity contribution in [2.24, 2.45) is 0 Å².